The van der Waals surface area contributed by atoms with Crippen molar-refractivity contribution in [2.45, 2.75) is 19.5 Å². The number of nitrogens with one attached hydrogen (secondary N) is 2. The smallest absolute Gasteiger partial charge is 0.255 e. The number of rotatable bonds is 4. The second-order valence-electron chi connectivity index (χ2n) is 5.48. The second-order valence-corrected chi connectivity index (χ2v) is 5.89. The topological polar surface area (TPSA) is 70.3 Å². The van der Waals surface area contributed by atoms with Gasteiger partial charge in [0.25, 0.3) is 5.56 Å². The first-order chi connectivity index (χ1) is 11.1. The highest BCUT2D eigenvalue weighted by Crippen LogP contribution is 2.32. The van der Waals surface area contributed by atoms with E-state index in [1.165, 1.54) is 0 Å². The molecule has 122 valence electrons. The van der Waals surface area contributed by atoms with E-state index in [0.29, 0.717) is 24.3 Å². The third kappa shape index (κ3) is 3.16. The first-order valence-electron chi connectivity index (χ1n) is 7.39. The van der Waals surface area contributed by atoms with E-state index in [1.54, 1.807) is 14.2 Å². The third-order valence-electron chi connectivity index (χ3n) is 4.07. The Morgan fingerprint density at radius 1 is 1.26 bits per heavy atom. The number of methoxy groups -OCH3 is 2. The lowest BCUT2D eigenvalue weighted by Gasteiger charge is -2.28. The lowest BCUT2D eigenvalue weighted by molar-refractivity contribution is 0.235. The van der Waals surface area contributed by atoms with Gasteiger partial charge in [0.1, 0.15) is 0 Å². The van der Waals surface area contributed by atoms with E-state index >= 15 is 0 Å². The maximum Gasteiger partial charge on any atom is 0.255 e. The lowest BCUT2D eigenvalue weighted by Crippen LogP contribution is -2.34. The van der Waals surface area contributed by atoms with Crippen LogP contribution in [0.4, 0.5) is 0 Å². The van der Waals surface area contributed by atoms with Gasteiger partial charge in [-0.25, -0.2) is 0 Å². The molecule has 0 saturated heterocycles. The van der Waals surface area contributed by atoms with Gasteiger partial charge >= 0.3 is 0 Å². The van der Waals surface area contributed by atoms with Crippen molar-refractivity contribution in [3.8, 4) is 11.5 Å². The zero-order valence-corrected chi connectivity index (χ0v) is 14.0. The number of nitrogens with zero attached hydrogens (tertiary/aromatic N) is 1. The Morgan fingerprint density at radius 3 is 2.83 bits per heavy atom. The van der Waals surface area contributed by atoms with E-state index in [4.69, 9.17) is 21.7 Å². The van der Waals surface area contributed by atoms with Crippen molar-refractivity contribution in [3.63, 3.8) is 0 Å². The highest BCUT2D eigenvalue weighted by molar-refractivity contribution is 7.71. The fourth-order valence-electron chi connectivity index (χ4n) is 2.99. The Bertz CT molecular complexity index is 828. The molecule has 2 aromatic rings. The van der Waals surface area contributed by atoms with Crippen LogP contribution in [-0.4, -0.2) is 35.6 Å². The summed E-state index contributed by atoms with van der Waals surface area (Å²) in [5, 5.41) is 0. The van der Waals surface area contributed by atoms with E-state index in [1.807, 2.05) is 18.2 Å². The fourth-order valence-corrected chi connectivity index (χ4v) is 3.20. The van der Waals surface area contributed by atoms with Crippen LogP contribution in [0.5, 0.6) is 11.5 Å². The zero-order valence-electron chi connectivity index (χ0n) is 13.1. The molecule has 0 fully saturated rings. The van der Waals surface area contributed by atoms with Crippen LogP contribution in [-0.2, 0) is 19.5 Å². The first-order valence-corrected chi connectivity index (χ1v) is 7.79. The summed E-state index contributed by atoms with van der Waals surface area (Å²) in [6.45, 7) is 2.18. The molecule has 23 heavy (non-hydrogen) atoms. The molecule has 0 amide bonds. The summed E-state index contributed by atoms with van der Waals surface area (Å²) in [6.07, 6.45) is 0.697. The van der Waals surface area contributed by atoms with E-state index in [-0.39, 0.29) is 5.56 Å². The molecule has 0 saturated carbocycles. The molecule has 2 N–H and O–H groups in total. The molecule has 0 aliphatic carbocycles. The summed E-state index contributed by atoms with van der Waals surface area (Å²) in [5.41, 5.74) is 2.67. The molecule has 0 atom stereocenters. The van der Waals surface area contributed by atoms with Crippen molar-refractivity contribution < 1.29 is 9.47 Å². The number of hydrogen-bond acceptors (Lipinski definition) is 5. The highest BCUT2D eigenvalue weighted by atomic mass is 32.1. The zero-order chi connectivity index (χ0) is 16.4. The van der Waals surface area contributed by atoms with Crippen LogP contribution < -0.4 is 15.0 Å². The number of benzene rings is 1. The van der Waals surface area contributed by atoms with Crippen LogP contribution >= 0.6 is 12.2 Å². The van der Waals surface area contributed by atoms with Crippen LogP contribution in [0.15, 0.2) is 23.0 Å². The predicted octanol–water partition coefficient (Wildman–Crippen LogP) is 2.01. The average molecular weight is 333 g/mol. The minimum absolute atomic E-state index is 0.0811. The van der Waals surface area contributed by atoms with Gasteiger partial charge in [0.15, 0.2) is 16.3 Å². The molecule has 3 rings (SSSR count). The third-order valence-corrected chi connectivity index (χ3v) is 4.27. The first kappa shape index (κ1) is 15.8. The van der Waals surface area contributed by atoms with Gasteiger partial charge < -0.3 is 14.5 Å². The molecule has 0 radical (unpaired) electrons. The fraction of sp³-hybridized carbons (Fsp3) is 0.375. The molecule has 0 bridgehead atoms. The summed E-state index contributed by atoms with van der Waals surface area (Å²) in [6, 6.07) is 5.86. The van der Waals surface area contributed by atoms with Crippen LogP contribution in [0, 0.1) is 4.77 Å². The SMILES string of the molecule is COc1cccc(CN2CCc3c([nH]c(=S)[nH]c3=O)C2)c1OC. The molecule has 1 aromatic carbocycles. The maximum atomic E-state index is 11.9. The standard InChI is InChI=1S/C16H19N3O3S/c1-21-13-5-3-4-10(14(13)22-2)8-19-7-6-11-12(9-19)17-16(23)18-15(11)20/h3-5H,6-9H2,1-2H3,(H2,17,18,20,23). The molecule has 1 aliphatic rings. The lowest BCUT2D eigenvalue weighted by atomic mass is 10.1. The molecular formula is C16H19N3O3S. The summed E-state index contributed by atoms with van der Waals surface area (Å²) < 4.78 is 11.2. The van der Waals surface area contributed by atoms with Crippen molar-refractivity contribution in [1.82, 2.24) is 14.9 Å². The van der Waals surface area contributed by atoms with Gasteiger partial charge in [-0.3, -0.25) is 14.7 Å². The second kappa shape index (κ2) is 6.55. The maximum absolute atomic E-state index is 11.9. The van der Waals surface area contributed by atoms with Crippen LogP contribution in [0.25, 0.3) is 0 Å². The number of fused-ring (bicyclic) bond motifs is 1. The van der Waals surface area contributed by atoms with Gasteiger partial charge in [-0.1, -0.05) is 12.1 Å². The monoisotopic (exact) mass is 333 g/mol. The van der Waals surface area contributed by atoms with E-state index in [0.717, 1.165) is 34.9 Å². The molecule has 7 heteroatoms. The predicted molar refractivity (Wildman–Crippen MR) is 89.6 cm³/mol. The summed E-state index contributed by atoms with van der Waals surface area (Å²) in [4.78, 5) is 19.9. The Balaban J connectivity index is 1.86. The van der Waals surface area contributed by atoms with E-state index in [2.05, 4.69) is 14.9 Å². The van der Waals surface area contributed by atoms with Crippen molar-refractivity contribution >= 4 is 12.2 Å². The normalized spacial score (nSPS) is 14.3. The number of aromatic amines is 2. The molecule has 1 aliphatic heterocycles. The summed E-state index contributed by atoms with van der Waals surface area (Å²) in [5.74, 6) is 1.47. The summed E-state index contributed by atoms with van der Waals surface area (Å²) >= 11 is 5.06. The minimum atomic E-state index is -0.0811. The van der Waals surface area contributed by atoms with Gasteiger partial charge in [0.05, 0.1) is 14.2 Å². The number of aromatic nitrogens is 2. The van der Waals surface area contributed by atoms with Crippen molar-refractivity contribution in [1.29, 1.82) is 0 Å². The van der Waals surface area contributed by atoms with Crippen LogP contribution in [0.1, 0.15) is 16.8 Å². The molecule has 0 spiro atoms. The van der Waals surface area contributed by atoms with Crippen LogP contribution in [0.2, 0.25) is 0 Å². The van der Waals surface area contributed by atoms with E-state index < -0.39 is 0 Å². The number of para-hydroxylation sites is 1. The molecule has 6 nitrogen and oxygen atoms in total. The van der Waals surface area contributed by atoms with E-state index in [9.17, 15) is 4.79 Å². The van der Waals surface area contributed by atoms with Gasteiger partial charge in [-0.15, -0.1) is 0 Å². The number of hydrogen-bond donors (Lipinski definition) is 2. The van der Waals surface area contributed by atoms with Crippen molar-refractivity contribution in [3.05, 3.63) is 50.1 Å². The molecule has 2 heterocycles. The van der Waals surface area contributed by atoms with Gasteiger partial charge in [-0.05, 0) is 24.7 Å². The largest absolute Gasteiger partial charge is 0.493 e. The van der Waals surface area contributed by atoms with Crippen molar-refractivity contribution in [2.24, 2.45) is 0 Å². The number of H-pyrrole nitrogens is 2. The van der Waals surface area contributed by atoms with Crippen molar-refractivity contribution in [2.75, 3.05) is 20.8 Å². The Hall–Kier alpha value is -2.12. The number of ether oxygens (including phenoxy) is 2. The minimum Gasteiger partial charge on any atom is -0.493 e. The van der Waals surface area contributed by atoms with Gasteiger partial charge in [-0.2, -0.15) is 0 Å². The molecule has 0 unspecified atom stereocenters. The Kier molecular flexibility index (Phi) is 4.49. The van der Waals surface area contributed by atoms with Gasteiger partial charge in [0.2, 0.25) is 0 Å². The quantitative estimate of drug-likeness (QED) is 0.838. The summed E-state index contributed by atoms with van der Waals surface area (Å²) in [7, 11) is 3.27. The Labute approximate surface area is 139 Å². The highest BCUT2D eigenvalue weighted by Gasteiger charge is 2.21. The molecule has 1 aromatic heterocycles. The molecular weight excluding hydrogens is 314 g/mol. The van der Waals surface area contributed by atoms with Gasteiger partial charge in [0, 0.05) is 36.5 Å². The average Bonchev–Trinajstić information content (AvgIpc) is 2.54. The Morgan fingerprint density at radius 2 is 2.09 bits per heavy atom. The van der Waals surface area contributed by atoms with Crippen LogP contribution in [0.3, 0.4) is 0 Å².